The molecule has 0 bridgehead atoms. The van der Waals surface area contributed by atoms with Gasteiger partial charge in [0.05, 0.1) is 44.6 Å². The van der Waals surface area contributed by atoms with Crippen LogP contribution in [0.5, 0.6) is 23.0 Å². The summed E-state index contributed by atoms with van der Waals surface area (Å²) in [6.45, 7) is 3.88. The van der Waals surface area contributed by atoms with E-state index in [-0.39, 0.29) is 12.2 Å². The van der Waals surface area contributed by atoms with Crippen molar-refractivity contribution in [1.82, 2.24) is 4.57 Å². The average molecular weight is 540 g/mol. The number of para-hydroxylation sites is 1. The quantitative estimate of drug-likeness (QED) is 0.164. The molecule has 0 aliphatic carbocycles. The van der Waals surface area contributed by atoms with Crippen LogP contribution in [0.25, 0.3) is 27.4 Å². The second-order valence-corrected chi connectivity index (χ2v) is 8.97. The molecule has 40 heavy (non-hydrogen) atoms. The molecule has 0 amide bonds. The lowest BCUT2D eigenvalue weighted by Gasteiger charge is -2.15. The molecule has 5 aromatic rings. The van der Waals surface area contributed by atoms with Crippen molar-refractivity contribution in [2.45, 2.75) is 13.8 Å². The van der Waals surface area contributed by atoms with Gasteiger partial charge >= 0.3 is 11.9 Å². The standard InChI is InChI=1S/C32H29NO7/c1-6-39-32(35)28-19(2)33(21-12-8-7-9-13-21)29-23-15-11-10-14-22(23)25(18-24(28)29)40-31(34)20-16-26(36-3)30(38-5)27(17-20)37-4/h7-18H,6H2,1-5H3. The average Bonchev–Trinajstić information content (AvgIpc) is 3.28. The molecule has 0 radical (unpaired) electrons. The first kappa shape index (κ1) is 26.6. The summed E-state index contributed by atoms with van der Waals surface area (Å²) in [6, 6.07) is 22.2. The number of nitrogens with zero attached hydrogens (tertiary/aromatic N) is 1. The molecule has 5 rings (SSSR count). The van der Waals surface area contributed by atoms with Crippen LogP contribution >= 0.6 is 0 Å². The molecule has 0 aliphatic rings. The predicted octanol–water partition coefficient (Wildman–Crippen LogP) is 6.51. The topological polar surface area (TPSA) is 85.2 Å². The number of rotatable bonds is 8. The van der Waals surface area contributed by atoms with Crippen molar-refractivity contribution < 1.29 is 33.3 Å². The Hall–Kier alpha value is -4.98. The molecule has 0 spiro atoms. The zero-order valence-corrected chi connectivity index (χ0v) is 22.9. The van der Waals surface area contributed by atoms with Crippen LogP contribution in [-0.4, -0.2) is 44.4 Å². The fraction of sp³-hybridized carbons (Fsp3) is 0.188. The van der Waals surface area contributed by atoms with Gasteiger partial charge in [0, 0.05) is 27.5 Å². The third-order valence-electron chi connectivity index (χ3n) is 6.77. The van der Waals surface area contributed by atoms with E-state index in [1.54, 1.807) is 13.0 Å². The van der Waals surface area contributed by atoms with E-state index in [9.17, 15) is 9.59 Å². The first-order valence-electron chi connectivity index (χ1n) is 12.7. The van der Waals surface area contributed by atoms with E-state index in [1.807, 2.05) is 66.1 Å². The van der Waals surface area contributed by atoms with Gasteiger partial charge < -0.3 is 28.3 Å². The number of hydrogen-bond donors (Lipinski definition) is 0. The highest BCUT2D eigenvalue weighted by atomic mass is 16.5. The number of ether oxygens (including phenoxy) is 5. The minimum Gasteiger partial charge on any atom is -0.493 e. The summed E-state index contributed by atoms with van der Waals surface area (Å²) in [4.78, 5) is 26.7. The Bertz CT molecular complexity index is 1710. The van der Waals surface area contributed by atoms with Gasteiger partial charge in [0.15, 0.2) is 11.5 Å². The number of carbonyl (C=O) groups is 2. The third kappa shape index (κ3) is 4.47. The predicted molar refractivity (Wildman–Crippen MR) is 153 cm³/mol. The maximum atomic E-state index is 13.5. The molecule has 0 aliphatic heterocycles. The Morgan fingerprint density at radius 1 is 0.725 bits per heavy atom. The van der Waals surface area contributed by atoms with Gasteiger partial charge in [0.25, 0.3) is 0 Å². The molecule has 0 unspecified atom stereocenters. The van der Waals surface area contributed by atoms with Gasteiger partial charge in [-0.15, -0.1) is 0 Å². The number of esters is 2. The lowest BCUT2D eigenvalue weighted by molar-refractivity contribution is 0.0527. The summed E-state index contributed by atoms with van der Waals surface area (Å²) in [5, 5.41) is 2.14. The summed E-state index contributed by atoms with van der Waals surface area (Å²) < 4.78 is 29.7. The lowest BCUT2D eigenvalue weighted by atomic mass is 10.0. The van der Waals surface area contributed by atoms with Crippen LogP contribution < -0.4 is 18.9 Å². The SMILES string of the molecule is CCOC(=O)c1c(C)n(-c2ccccc2)c2c1cc(OC(=O)c1cc(OC)c(OC)c(OC)c1)c1ccccc12. The zero-order valence-electron chi connectivity index (χ0n) is 22.9. The van der Waals surface area contributed by atoms with E-state index < -0.39 is 11.9 Å². The molecule has 204 valence electrons. The smallest absolute Gasteiger partial charge is 0.343 e. The minimum atomic E-state index is -0.624. The Kier molecular flexibility index (Phi) is 7.33. The van der Waals surface area contributed by atoms with Crippen LogP contribution in [0.15, 0.2) is 72.8 Å². The number of carbonyl (C=O) groups excluding carboxylic acids is 2. The number of methoxy groups -OCH3 is 3. The molecule has 0 saturated heterocycles. The molecule has 1 aromatic heterocycles. The molecule has 8 nitrogen and oxygen atoms in total. The first-order valence-corrected chi connectivity index (χ1v) is 12.7. The van der Waals surface area contributed by atoms with Crippen molar-refractivity contribution in [1.29, 1.82) is 0 Å². The Balaban J connectivity index is 1.74. The highest BCUT2D eigenvalue weighted by Gasteiger charge is 2.26. The van der Waals surface area contributed by atoms with Gasteiger partial charge in [-0.2, -0.15) is 0 Å². The zero-order chi connectivity index (χ0) is 28.4. The molecular weight excluding hydrogens is 510 g/mol. The number of benzene rings is 4. The van der Waals surface area contributed by atoms with E-state index >= 15 is 0 Å². The van der Waals surface area contributed by atoms with Gasteiger partial charge in [-0.1, -0.05) is 42.5 Å². The normalized spacial score (nSPS) is 10.9. The molecule has 8 heteroatoms. The first-order chi connectivity index (χ1) is 19.4. The highest BCUT2D eigenvalue weighted by Crippen LogP contribution is 2.41. The summed E-state index contributed by atoms with van der Waals surface area (Å²) in [6.07, 6.45) is 0. The van der Waals surface area contributed by atoms with Crippen molar-refractivity contribution in [2.75, 3.05) is 27.9 Å². The molecule has 4 aromatic carbocycles. The van der Waals surface area contributed by atoms with Gasteiger partial charge in [-0.05, 0) is 44.2 Å². The van der Waals surface area contributed by atoms with Crippen molar-refractivity contribution in [3.63, 3.8) is 0 Å². The van der Waals surface area contributed by atoms with Crippen molar-refractivity contribution >= 4 is 33.6 Å². The van der Waals surface area contributed by atoms with E-state index in [0.717, 1.165) is 22.3 Å². The van der Waals surface area contributed by atoms with Crippen molar-refractivity contribution in [3.8, 4) is 28.7 Å². The van der Waals surface area contributed by atoms with Crippen molar-refractivity contribution in [2.24, 2.45) is 0 Å². The number of fused-ring (bicyclic) bond motifs is 3. The Morgan fingerprint density at radius 2 is 1.35 bits per heavy atom. The van der Waals surface area contributed by atoms with E-state index in [2.05, 4.69) is 0 Å². The second kappa shape index (κ2) is 11.0. The van der Waals surface area contributed by atoms with Crippen LogP contribution in [0.2, 0.25) is 0 Å². The summed E-state index contributed by atoms with van der Waals surface area (Å²) >= 11 is 0. The molecule has 0 N–H and O–H groups in total. The van der Waals surface area contributed by atoms with Gasteiger partial charge in [-0.3, -0.25) is 0 Å². The van der Waals surface area contributed by atoms with Crippen LogP contribution in [0.4, 0.5) is 0 Å². The van der Waals surface area contributed by atoms with Gasteiger partial charge in [-0.25, -0.2) is 9.59 Å². The fourth-order valence-electron chi connectivity index (χ4n) is 5.04. The van der Waals surface area contributed by atoms with E-state index in [4.69, 9.17) is 23.7 Å². The number of hydrogen-bond acceptors (Lipinski definition) is 7. The van der Waals surface area contributed by atoms with Crippen LogP contribution in [0.3, 0.4) is 0 Å². The summed E-state index contributed by atoms with van der Waals surface area (Å²) in [5.41, 5.74) is 3.06. The van der Waals surface area contributed by atoms with Crippen LogP contribution in [0, 0.1) is 6.92 Å². The van der Waals surface area contributed by atoms with Crippen molar-refractivity contribution in [3.05, 3.63) is 89.6 Å². The van der Waals surface area contributed by atoms with E-state index in [1.165, 1.54) is 33.5 Å². The minimum absolute atomic E-state index is 0.210. The van der Waals surface area contributed by atoms with E-state index in [0.29, 0.717) is 39.3 Å². The number of aromatic nitrogens is 1. The second-order valence-electron chi connectivity index (χ2n) is 8.97. The fourth-order valence-corrected chi connectivity index (χ4v) is 5.04. The maximum Gasteiger partial charge on any atom is 0.343 e. The third-order valence-corrected chi connectivity index (χ3v) is 6.77. The molecule has 0 fully saturated rings. The Labute approximate surface area is 231 Å². The maximum absolute atomic E-state index is 13.5. The molecule has 0 saturated carbocycles. The Morgan fingerprint density at radius 3 is 1.95 bits per heavy atom. The van der Waals surface area contributed by atoms with Gasteiger partial charge in [0.1, 0.15) is 5.75 Å². The largest absolute Gasteiger partial charge is 0.493 e. The van der Waals surface area contributed by atoms with Crippen LogP contribution in [0.1, 0.15) is 33.3 Å². The summed E-state index contributed by atoms with van der Waals surface area (Å²) in [7, 11) is 4.44. The molecular formula is C32H29NO7. The summed E-state index contributed by atoms with van der Waals surface area (Å²) in [5.74, 6) is 0.254. The molecule has 0 atom stereocenters. The highest BCUT2D eigenvalue weighted by molar-refractivity contribution is 6.17. The lowest BCUT2D eigenvalue weighted by Crippen LogP contribution is -2.10. The molecule has 1 heterocycles. The monoisotopic (exact) mass is 539 g/mol. The van der Waals surface area contributed by atoms with Gasteiger partial charge in [0.2, 0.25) is 5.75 Å². The van der Waals surface area contributed by atoms with Crippen LogP contribution in [-0.2, 0) is 4.74 Å².